The van der Waals surface area contributed by atoms with Crippen molar-refractivity contribution >= 4 is 127 Å². The van der Waals surface area contributed by atoms with Crippen LogP contribution in [0.4, 0.5) is 22.7 Å². The SMILES string of the molecule is Cl.Cl.O=C(NCCNCCN1C(=O)c2cccc3cc([N+](=O)[O-])cc(c23)C1=O)c1cc(C(=O)NCCNCCN2C(=O)c3cccc4cc([N+](=O)[O-])cc(c34)C2=O)cc(N2C(=O)c3cccc4cc([N+](=O)[O-])cc(c34)C2=O)c1. The second-order valence-electron chi connectivity index (χ2n) is 17.7. The predicted molar refractivity (Wildman–Crippen MR) is 285 cm³/mol. The Labute approximate surface area is 451 Å². The molecule has 7 aromatic rings. The van der Waals surface area contributed by atoms with Gasteiger partial charge in [0.05, 0.1) is 37.1 Å². The fraction of sp³-hybridized carbons (Fsp3) is 0.154. The number of halogens is 2. The minimum Gasteiger partial charge on any atom is -0.351 e. The fourth-order valence-electron chi connectivity index (χ4n) is 9.70. The summed E-state index contributed by atoms with van der Waals surface area (Å²) < 4.78 is 0. The normalized spacial score (nSPS) is 13.4. The van der Waals surface area contributed by atoms with Gasteiger partial charge in [0.25, 0.3) is 64.3 Å². The number of rotatable bonds is 18. The number of imide groups is 3. The van der Waals surface area contributed by atoms with Gasteiger partial charge in [-0.2, -0.15) is 0 Å². The van der Waals surface area contributed by atoms with E-state index in [1.165, 1.54) is 66.7 Å². The first-order valence-electron chi connectivity index (χ1n) is 23.4. The summed E-state index contributed by atoms with van der Waals surface area (Å²) >= 11 is 0. The van der Waals surface area contributed by atoms with Crippen molar-refractivity contribution in [3.05, 3.63) is 184 Å². The summed E-state index contributed by atoms with van der Waals surface area (Å²) in [5.41, 5.74) is -1.27. The van der Waals surface area contributed by atoms with Crippen molar-refractivity contribution in [1.82, 2.24) is 31.1 Å². The van der Waals surface area contributed by atoms with Crippen LogP contribution in [0.2, 0.25) is 0 Å². The van der Waals surface area contributed by atoms with Crippen LogP contribution in [-0.4, -0.2) is 124 Å². The monoisotopic (exact) mass is 1100 g/mol. The van der Waals surface area contributed by atoms with E-state index in [-0.39, 0.29) is 150 Å². The van der Waals surface area contributed by atoms with Gasteiger partial charge in [0.2, 0.25) is 0 Å². The van der Waals surface area contributed by atoms with Crippen LogP contribution in [0.1, 0.15) is 82.9 Å². The van der Waals surface area contributed by atoms with Crippen LogP contribution in [0.5, 0.6) is 0 Å². The second-order valence-corrected chi connectivity index (χ2v) is 17.7. The summed E-state index contributed by atoms with van der Waals surface area (Å²) in [4.78, 5) is 146. The molecule has 3 heterocycles. The number of carbonyl (C=O) groups is 8. The highest BCUT2D eigenvalue weighted by Gasteiger charge is 2.38. The molecule has 0 spiro atoms. The maximum absolute atomic E-state index is 14.2. The minimum absolute atomic E-state index is 0. The largest absolute Gasteiger partial charge is 0.351 e. The lowest BCUT2D eigenvalue weighted by atomic mass is 9.92. The van der Waals surface area contributed by atoms with E-state index in [9.17, 15) is 68.7 Å². The first-order valence-corrected chi connectivity index (χ1v) is 23.4. The molecule has 3 aliphatic rings. The van der Waals surface area contributed by atoms with Crippen LogP contribution in [0.3, 0.4) is 0 Å². The number of anilines is 1. The van der Waals surface area contributed by atoms with Gasteiger partial charge in [-0.1, -0.05) is 36.4 Å². The van der Waals surface area contributed by atoms with Gasteiger partial charge >= 0.3 is 0 Å². The number of nitro benzene ring substituents is 3. The second kappa shape index (κ2) is 21.9. The van der Waals surface area contributed by atoms with E-state index >= 15 is 0 Å². The Morgan fingerprint density at radius 1 is 0.410 bits per heavy atom. The third-order valence-electron chi connectivity index (χ3n) is 13.2. The molecule has 3 aliphatic heterocycles. The molecule has 0 radical (unpaired) electrons. The lowest BCUT2D eigenvalue weighted by Gasteiger charge is -2.28. The van der Waals surface area contributed by atoms with Crippen molar-refractivity contribution in [3.63, 3.8) is 0 Å². The Morgan fingerprint density at radius 2 is 0.744 bits per heavy atom. The van der Waals surface area contributed by atoms with E-state index in [0.29, 0.717) is 21.5 Å². The highest BCUT2D eigenvalue weighted by atomic mass is 35.5. The number of benzene rings is 7. The molecule has 0 fully saturated rings. The molecule has 24 nitrogen and oxygen atoms in total. The average molecular weight is 1100 g/mol. The van der Waals surface area contributed by atoms with Crippen LogP contribution < -0.4 is 26.2 Å². The fourth-order valence-corrected chi connectivity index (χ4v) is 9.70. The maximum Gasteiger partial charge on any atom is 0.270 e. The summed E-state index contributed by atoms with van der Waals surface area (Å²) in [6.07, 6.45) is 0. The lowest BCUT2D eigenvalue weighted by molar-refractivity contribution is -0.384. The molecule has 26 heteroatoms. The number of nitrogens with one attached hydrogen (secondary N) is 4. The zero-order valence-electron chi connectivity index (χ0n) is 40.3. The molecular weight excluding hydrogens is 1060 g/mol. The van der Waals surface area contributed by atoms with Crippen LogP contribution >= 0.6 is 24.8 Å². The van der Waals surface area contributed by atoms with Gasteiger partial charge < -0.3 is 21.3 Å². The maximum atomic E-state index is 14.2. The Morgan fingerprint density at radius 3 is 1.12 bits per heavy atom. The van der Waals surface area contributed by atoms with Crippen molar-refractivity contribution < 1.29 is 53.1 Å². The van der Waals surface area contributed by atoms with Crippen molar-refractivity contribution in [1.29, 1.82) is 0 Å². The molecule has 7 aromatic carbocycles. The molecule has 0 saturated carbocycles. The molecule has 0 saturated heterocycles. The van der Waals surface area contributed by atoms with Crippen molar-refractivity contribution in [2.45, 2.75) is 0 Å². The third kappa shape index (κ3) is 9.77. The molecule has 78 heavy (non-hydrogen) atoms. The summed E-state index contributed by atoms with van der Waals surface area (Å²) in [7, 11) is 0. The van der Waals surface area contributed by atoms with Gasteiger partial charge in [0.15, 0.2) is 0 Å². The quantitative estimate of drug-likeness (QED) is 0.0344. The summed E-state index contributed by atoms with van der Waals surface area (Å²) in [5, 5.41) is 48.4. The number of amides is 8. The van der Waals surface area contributed by atoms with Gasteiger partial charge in [-0.15, -0.1) is 24.8 Å². The number of hydrogen-bond acceptors (Lipinski definition) is 16. The van der Waals surface area contributed by atoms with Crippen LogP contribution in [0.25, 0.3) is 32.3 Å². The van der Waals surface area contributed by atoms with Crippen LogP contribution in [-0.2, 0) is 0 Å². The highest BCUT2D eigenvalue weighted by Crippen LogP contribution is 2.38. The molecule has 0 aromatic heterocycles. The zero-order valence-corrected chi connectivity index (χ0v) is 41.9. The van der Waals surface area contributed by atoms with Crippen molar-refractivity contribution in [3.8, 4) is 0 Å². The van der Waals surface area contributed by atoms with Gasteiger partial charge in [-0.05, 0) is 52.6 Å². The van der Waals surface area contributed by atoms with Gasteiger partial charge in [-0.25, -0.2) is 4.90 Å². The number of non-ortho nitro benzene ring substituents is 3. The van der Waals surface area contributed by atoms with Crippen molar-refractivity contribution in [2.75, 3.05) is 57.3 Å². The van der Waals surface area contributed by atoms with Crippen LogP contribution in [0.15, 0.2) is 109 Å². The van der Waals surface area contributed by atoms with E-state index in [4.69, 9.17) is 0 Å². The van der Waals surface area contributed by atoms with Gasteiger partial charge in [-0.3, -0.25) is 78.5 Å². The third-order valence-corrected chi connectivity index (χ3v) is 13.2. The van der Waals surface area contributed by atoms with E-state index < -0.39 is 67.7 Å². The minimum atomic E-state index is -0.956. The first-order chi connectivity index (χ1) is 36.5. The molecular formula is C52H40Cl2N10O14. The topological polar surface area (TPSA) is 324 Å². The van der Waals surface area contributed by atoms with E-state index in [1.54, 1.807) is 24.3 Å². The molecule has 396 valence electrons. The number of carbonyl (C=O) groups excluding carboxylic acids is 8. The number of hydrogen-bond donors (Lipinski definition) is 4. The molecule has 0 atom stereocenters. The molecule has 10 rings (SSSR count). The Bertz CT molecular complexity index is 3660. The summed E-state index contributed by atoms with van der Waals surface area (Å²) in [6, 6.07) is 24.6. The molecule has 8 amide bonds. The van der Waals surface area contributed by atoms with E-state index in [0.717, 1.165) is 32.9 Å². The summed E-state index contributed by atoms with van der Waals surface area (Å²) in [6.45, 7) is -0.0652. The first kappa shape index (κ1) is 54.6. The Kier molecular flexibility index (Phi) is 15.4. The van der Waals surface area contributed by atoms with Crippen molar-refractivity contribution in [2.24, 2.45) is 0 Å². The molecule has 0 bridgehead atoms. The summed E-state index contributed by atoms with van der Waals surface area (Å²) in [5.74, 6) is -5.88. The predicted octanol–water partition coefficient (Wildman–Crippen LogP) is 5.75. The van der Waals surface area contributed by atoms with E-state index in [2.05, 4.69) is 21.3 Å². The zero-order chi connectivity index (χ0) is 53.7. The smallest absolute Gasteiger partial charge is 0.270 e. The number of nitro groups is 3. The highest BCUT2D eigenvalue weighted by molar-refractivity contribution is 6.36. The van der Waals surface area contributed by atoms with E-state index in [1.807, 2.05) is 0 Å². The Balaban J connectivity index is 0.00000401. The number of nitrogens with zero attached hydrogens (tertiary/aromatic N) is 6. The molecule has 4 N–H and O–H groups in total. The van der Waals surface area contributed by atoms with Crippen LogP contribution in [0, 0.1) is 30.3 Å². The van der Waals surface area contributed by atoms with Gasteiger partial charge in [0, 0.05) is 133 Å². The average Bonchev–Trinajstić information content (AvgIpc) is 3.41. The molecule has 0 aliphatic carbocycles. The van der Waals surface area contributed by atoms with Gasteiger partial charge in [0.1, 0.15) is 0 Å². The standard InChI is InChI=1S/C52H38N10O14.2ClH/c63-45(55-12-10-53-14-16-57-47(65)36-7-1-4-27-19-33(60(71)72)24-39(42(27)36)49(57)67)30-18-31(23-32(22-30)59-51(69)38-9-3-6-29-21-35(62(75)76)26-41(44(29)38)52(59)70)46(64)56-13-11-54-15-17-58-48(66)37-8-2-5-28-20-34(61(73)74)25-40(43(28)37)50(58)68;;/h1-9,18-26,53-54H,10-17H2,(H,55,63)(H,56,64);2*1H. The molecule has 0 unspecified atom stereocenters. The lowest BCUT2D eigenvalue weighted by Crippen LogP contribution is -2.44. The Hall–Kier alpha value is -9.62.